The summed E-state index contributed by atoms with van der Waals surface area (Å²) in [7, 11) is 1.84. The van der Waals surface area contributed by atoms with E-state index in [1.54, 1.807) is 30.8 Å². The average molecular weight is 391 g/mol. The topological polar surface area (TPSA) is 60.1 Å². The molecular formula is C23H22FN3O2. The number of halogens is 1. The lowest BCUT2D eigenvalue weighted by Gasteiger charge is -2.19. The number of nitrogens with zero attached hydrogens (tertiary/aromatic N) is 2. The van der Waals surface area contributed by atoms with E-state index in [1.165, 1.54) is 17.7 Å². The minimum absolute atomic E-state index is 0.161. The molecule has 1 amide bonds. The summed E-state index contributed by atoms with van der Waals surface area (Å²) in [6, 6.07) is 11.7. The minimum atomic E-state index is -0.553. The van der Waals surface area contributed by atoms with Gasteiger partial charge in [-0.1, -0.05) is 31.2 Å². The number of amides is 1. The molecule has 148 valence electrons. The number of hydrogen-bond donors (Lipinski definition) is 1. The molecule has 0 unspecified atom stereocenters. The third-order valence-corrected chi connectivity index (χ3v) is 5.08. The van der Waals surface area contributed by atoms with Crippen molar-refractivity contribution >= 4 is 16.9 Å². The monoisotopic (exact) mass is 391 g/mol. The Bertz CT molecular complexity index is 1160. The SMILES string of the molecule is CCc1ccc2c(CC(=O)N[C@H](c3cccc(F)c3)c3nccn3C)coc2c1. The number of fused-ring (bicyclic) bond motifs is 1. The molecule has 5 nitrogen and oxygen atoms in total. The van der Waals surface area contributed by atoms with E-state index in [1.807, 2.05) is 29.8 Å². The molecule has 1 N–H and O–H groups in total. The van der Waals surface area contributed by atoms with Crippen molar-refractivity contribution in [2.75, 3.05) is 0 Å². The van der Waals surface area contributed by atoms with Crippen molar-refractivity contribution in [3.8, 4) is 0 Å². The average Bonchev–Trinajstić information content (AvgIpc) is 3.32. The maximum atomic E-state index is 13.8. The van der Waals surface area contributed by atoms with Gasteiger partial charge in [-0.25, -0.2) is 9.37 Å². The first kappa shape index (κ1) is 18.9. The third-order valence-electron chi connectivity index (χ3n) is 5.08. The van der Waals surface area contributed by atoms with E-state index < -0.39 is 6.04 Å². The largest absolute Gasteiger partial charge is 0.464 e. The van der Waals surface area contributed by atoms with Crippen LogP contribution in [-0.2, 0) is 24.7 Å². The number of benzene rings is 2. The quantitative estimate of drug-likeness (QED) is 0.533. The second kappa shape index (κ2) is 7.91. The summed E-state index contributed by atoms with van der Waals surface area (Å²) in [5.41, 5.74) is 3.41. The van der Waals surface area contributed by atoms with Gasteiger partial charge in [-0.15, -0.1) is 0 Å². The lowest BCUT2D eigenvalue weighted by atomic mass is 10.0. The maximum Gasteiger partial charge on any atom is 0.225 e. The van der Waals surface area contributed by atoms with Gasteiger partial charge in [0, 0.05) is 30.4 Å². The number of nitrogens with one attached hydrogen (secondary N) is 1. The van der Waals surface area contributed by atoms with E-state index in [9.17, 15) is 9.18 Å². The van der Waals surface area contributed by atoms with Crippen molar-refractivity contribution in [1.29, 1.82) is 0 Å². The fraction of sp³-hybridized carbons (Fsp3) is 0.217. The number of aryl methyl sites for hydroxylation is 2. The Kier molecular flexibility index (Phi) is 5.16. The van der Waals surface area contributed by atoms with E-state index in [-0.39, 0.29) is 18.1 Å². The zero-order chi connectivity index (χ0) is 20.4. The number of furan rings is 1. The fourth-order valence-electron chi connectivity index (χ4n) is 3.51. The Morgan fingerprint density at radius 3 is 2.86 bits per heavy atom. The van der Waals surface area contributed by atoms with Gasteiger partial charge in [0.05, 0.1) is 12.7 Å². The molecular weight excluding hydrogens is 369 g/mol. The Morgan fingerprint density at radius 2 is 2.14 bits per heavy atom. The van der Waals surface area contributed by atoms with Gasteiger partial charge in [0.25, 0.3) is 0 Å². The number of carbonyl (C=O) groups is 1. The Hall–Kier alpha value is -3.41. The highest BCUT2D eigenvalue weighted by atomic mass is 19.1. The third kappa shape index (κ3) is 3.92. The molecule has 0 bridgehead atoms. The lowest BCUT2D eigenvalue weighted by molar-refractivity contribution is -0.121. The highest BCUT2D eigenvalue weighted by molar-refractivity contribution is 5.88. The molecule has 2 heterocycles. The zero-order valence-electron chi connectivity index (χ0n) is 16.4. The van der Waals surface area contributed by atoms with Gasteiger partial charge in [-0.3, -0.25) is 4.79 Å². The van der Waals surface area contributed by atoms with E-state index in [2.05, 4.69) is 17.2 Å². The molecule has 0 fully saturated rings. The van der Waals surface area contributed by atoms with Gasteiger partial charge in [0.15, 0.2) is 0 Å². The van der Waals surface area contributed by atoms with Crippen LogP contribution in [0.2, 0.25) is 0 Å². The molecule has 0 spiro atoms. The molecule has 0 saturated heterocycles. The number of imidazole rings is 1. The van der Waals surface area contributed by atoms with Crippen molar-refractivity contribution in [2.45, 2.75) is 25.8 Å². The molecule has 0 saturated carbocycles. The van der Waals surface area contributed by atoms with Crippen LogP contribution in [0.5, 0.6) is 0 Å². The van der Waals surface area contributed by atoms with Gasteiger partial charge < -0.3 is 14.3 Å². The van der Waals surface area contributed by atoms with Crippen molar-refractivity contribution in [1.82, 2.24) is 14.9 Å². The molecule has 2 aromatic heterocycles. The van der Waals surface area contributed by atoms with Crippen molar-refractivity contribution in [3.05, 3.63) is 89.5 Å². The van der Waals surface area contributed by atoms with Crippen LogP contribution in [0.1, 0.15) is 35.5 Å². The van der Waals surface area contributed by atoms with Crippen LogP contribution in [0, 0.1) is 5.82 Å². The summed E-state index contributed by atoms with van der Waals surface area (Å²) >= 11 is 0. The predicted molar refractivity (Wildman–Crippen MR) is 109 cm³/mol. The first-order chi connectivity index (χ1) is 14.0. The smallest absolute Gasteiger partial charge is 0.225 e. The number of rotatable bonds is 6. The van der Waals surface area contributed by atoms with Crippen LogP contribution in [0.25, 0.3) is 11.0 Å². The molecule has 4 rings (SSSR count). The van der Waals surface area contributed by atoms with Crippen molar-refractivity contribution in [2.24, 2.45) is 7.05 Å². The van der Waals surface area contributed by atoms with Gasteiger partial charge in [-0.05, 0) is 35.7 Å². The van der Waals surface area contributed by atoms with Crippen LogP contribution < -0.4 is 5.32 Å². The highest BCUT2D eigenvalue weighted by Gasteiger charge is 2.22. The van der Waals surface area contributed by atoms with Crippen molar-refractivity contribution in [3.63, 3.8) is 0 Å². The van der Waals surface area contributed by atoms with Crippen LogP contribution in [0.3, 0.4) is 0 Å². The van der Waals surface area contributed by atoms with Gasteiger partial charge in [0.2, 0.25) is 5.91 Å². The van der Waals surface area contributed by atoms with Crippen molar-refractivity contribution < 1.29 is 13.6 Å². The second-order valence-electron chi connectivity index (χ2n) is 7.07. The van der Waals surface area contributed by atoms with Gasteiger partial charge in [-0.2, -0.15) is 0 Å². The zero-order valence-corrected chi connectivity index (χ0v) is 16.4. The fourth-order valence-corrected chi connectivity index (χ4v) is 3.51. The molecule has 4 aromatic rings. The maximum absolute atomic E-state index is 13.8. The number of hydrogen-bond acceptors (Lipinski definition) is 3. The van der Waals surface area contributed by atoms with Crippen LogP contribution in [-0.4, -0.2) is 15.5 Å². The first-order valence-electron chi connectivity index (χ1n) is 9.56. The normalized spacial score (nSPS) is 12.2. The second-order valence-corrected chi connectivity index (χ2v) is 7.07. The van der Waals surface area contributed by atoms with Crippen LogP contribution in [0.15, 0.2) is 65.5 Å². The first-order valence-corrected chi connectivity index (χ1v) is 9.56. The van der Waals surface area contributed by atoms with E-state index >= 15 is 0 Å². The summed E-state index contributed by atoms with van der Waals surface area (Å²) in [5.74, 6) is 0.0848. The molecule has 0 aliphatic rings. The van der Waals surface area contributed by atoms with Crippen LogP contribution >= 0.6 is 0 Å². The molecule has 6 heteroatoms. The predicted octanol–water partition coefficient (Wildman–Crippen LogP) is 4.32. The standard InChI is InChI=1S/C23H22FN3O2/c1-3-15-7-8-19-17(14-29-20(19)11-15)13-21(28)26-22(23-25-9-10-27(23)2)16-5-4-6-18(24)12-16/h4-12,14,22H,3,13H2,1-2H3,(H,26,28)/t22-/m1/s1. The lowest BCUT2D eigenvalue weighted by Crippen LogP contribution is -2.32. The molecule has 0 radical (unpaired) electrons. The molecule has 0 aliphatic carbocycles. The van der Waals surface area contributed by atoms with Gasteiger partial charge >= 0.3 is 0 Å². The molecule has 1 atom stereocenters. The van der Waals surface area contributed by atoms with Gasteiger partial charge in [0.1, 0.15) is 23.3 Å². The van der Waals surface area contributed by atoms with E-state index in [0.717, 1.165) is 23.0 Å². The number of aromatic nitrogens is 2. The highest BCUT2D eigenvalue weighted by Crippen LogP contribution is 2.25. The summed E-state index contributed by atoms with van der Waals surface area (Å²) in [6.07, 6.45) is 6.16. The van der Waals surface area contributed by atoms with E-state index in [4.69, 9.17) is 4.42 Å². The Labute approximate surface area is 168 Å². The summed E-state index contributed by atoms with van der Waals surface area (Å²) in [4.78, 5) is 17.2. The molecule has 2 aromatic carbocycles. The van der Waals surface area contributed by atoms with Crippen LogP contribution in [0.4, 0.5) is 4.39 Å². The Balaban J connectivity index is 1.60. The summed E-state index contributed by atoms with van der Waals surface area (Å²) in [6.45, 7) is 2.09. The molecule has 0 aliphatic heterocycles. The minimum Gasteiger partial charge on any atom is -0.464 e. The Morgan fingerprint density at radius 1 is 1.28 bits per heavy atom. The number of carbonyl (C=O) groups excluding carboxylic acids is 1. The summed E-state index contributed by atoms with van der Waals surface area (Å²) in [5, 5.41) is 3.93. The summed E-state index contributed by atoms with van der Waals surface area (Å²) < 4.78 is 21.3. The molecule has 29 heavy (non-hydrogen) atoms. The van der Waals surface area contributed by atoms with E-state index in [0.29, 0.717) is 11.4 Å².